The lowest BCUT2D eigenvalue weighted by Crippen LogP contribution is -2.37. The molecule has 1 N–H and O–H groups in total. The fourth-order valence-electron chi connectivity index (χ4n) is 1.99. The van der Waals surface area contributed by atoms with Gasteiger partial charge in [-0.2, -0.15) is 0 Å². The van der Waals surface area contributed by atoms with Gasteiger partial charge in [0.05, 0.1) is 16.3 Å². The normalized spacial score (nSPS) is 12.6. The van der Waals surface area contributed by atoms with Gasteiger partial charge in [0.2, 0.25) is 5.91 Å². The molecule has 2 aromatic rings. The van der Waals surface area contributed by atoms with Gasteiger partial charge in [0.1, 0.15) is 0 Å². The number of aryl methyl sites for hydroxylation is 1. The van der Waals surface area contributed by atoms with Gasteiger partial charge in [0, 0.05) is 11.4 Å². The summed E-state index contributed by atoms with van der Waals surface area (Å²) in [5.41, 5.74) is 2.18. The summed E-state index contributed by atoms with van der Waals surface area (Å²) < 4.78 is 0. The molecule has 21 heavy (non-hydrogen) atoms. The molecule has 1 aromatic heterocycles. The van der Waals surface area contributed by atoms with E-state index < -0.39 is 0 Å². The third-order valence-electron chi connectivity index (χ3n) is 3.64. The van der Waals surface area contributed by atoms with Crippen molar-refractivity contribution < 1.29 is 4.79 Å². The number of hydrogen-bond acceptors (Lipinski definition) is 3. The van der Waals surface area contributed by atoms with Gasteiger partial charge in [-0.1, -0.05) is 43.8 Å². The number of pyridine rings is 1. The lowest BCUT2D eigenvalue weighted by molar-refractivity contribution is -0.119. The van der Waals surface area contributed by atoms with E-state index in [2.05, 4.69) is 37.1 Å². The first-order valence-corrected chi connectivity index (χ1v) is 8.24. The Labute approximate surface area is 130 Å². The van der Waals surface area contributed by atoms with Crippen molar-refractivity contribution in [1.29, 1.82) is 0 Å². The molecule has 0 aliphatic carbocycles. The first-order valence-electron chi connectivity index (χ1n) is 7.26. The summed E-state index contributed by atoms with van der Waals surface area (Å²) in [7, 11) is 0. The summed E-state index contributed by atoms with van der Waals surface area (Å²) in [5.74, 6) is 0.913. The molecular weight excluding hydrogens is 280 g/mol. The van der Waals surface area contributed by atoms with E-state index >= 15 is 0 Å². The summed E-state index contributed by atoms with van der Waals surface area (Å²) >= 11 is 1.49. The zero-order valence-electron chi connectivity index (χ0n) is 13.0. The average molecular weight is 302 g/mol. The lowest BCUT2D eigenvalue weighted by atomic mass is 10.1. The third kappa shape index (κ3) is 4.21. The largest absolute Gasteiger partial charge is 0.353 e. The maximum absolute atomic E-state index is 11.9. The number of carbonyl (C=O) groups excluding carboxylic acids is 1. The molecule has 1 amide bonds. The van der Waals surface area contributed by atoms with Crippen molar-refractivity contribution in [2.24, 2.45) is 5.92 Å². The molecule has 0 bridgehead atoms. The van der Waals surface area contributed by atoms with Crippen LogP contribution < -0.4 is 5.32 Å². The molecule has 1 aromatic carbocycles. The molecule has 0 spiro atoms. The molecule has 4 heteroatoms. The Morgan fingerprint density at radius 2 is 2.00 bits per heavy atom. The summed E-state index contributed by atoms with van der Waals surface area (Å²) in [4.78, 5) is 16.5. The molecule has 1 atom stereocenters. The Balaban J connectivity index is 2.02. The molecule has 1 unspecified atom stereocenters. The zero-order chi connectivity index (χ0) is 15.4. The number of benzene rings is 1. The van der Waals surface area contributed by atoms with E-state index in [0.717, 1.165) is 10.5 Å². The summed E-state index contributed by atoms with van der Waals surface area (Å²) in [6.45, 7) is 8.32. The predicted molar refractivity (Wildman–Crippen MR) is 89.6 cm³/mol. The fraction of sp³-hybridized carbons (Fsp3) is 0.412. The Bertz CT molecular complexity index is 640. The molecule has 0 saturated carbocycles. The number of para-hydroxylation sites is 1. The van der Waals surface area contributed by atoms with E-state index in [0.29, 0.717) is 11.7 Å². The van der Waals surface area contributed by atoms with Gasteiger partial charge in [0.15, 0.2) is 0 Å². The molecule has 112 valence electrons. The second-order valence-electron chi connectivity index (χ2n) is 5.68. The van der Waals surface area contributed by atoms with E-state index in [4.69, 9.17) is 0 Å². The summed E-state index contributed by atoms with van der Waals surface area (Å²) in [6.07, 6.45) is 0. The maximum atomic E-state index is 11.9. The Morgan fingerprint density at radius 3 is 2.71 bits per heavy atom. The number of carbonyl (C=O) groups is 1. The van der Waals surface area contributed by atoms with Crippen LogP contribution in [0.3, 0.4) is 0 Å². The summed E-state index contributed by atoms with van der Waals surface area (Å²) in [6, 6.07) is 10.3. The van der Waals surface area contributed by atoms with Crippen molar-refractivity contribution in [3.05, 3.63) is 35.9 Å². The van der Waals surface area contributed by atoms with Crippen molar-refractivity contribution >= 4 is 28.6 Å². The SMILES string of the molecule is Cc1cc(SCC(=O)NC(C)C(C)C)nc2ccccc12. The molecule has 1 heterocycles. The quantitative estimate of drug-likeness (QED) is 0.854. The highest BCUT2D eigenvalue weighted by Gasteiger charge is 2.11. The van der Waals surface area contributed by atoms with Gasteiger partial charge in [0.25, 0.3) is 0 Å². The van der Waals surface area contributed by atoms with E-state index in [1.165, 1.54) is 22.7 Å². The predicted octanol–water partition coefficient (Wildman–Crippen LogP) is 3.80. The monoisotopic (exact) mass is 302 g/mol. The van der Waals surface area contributed by atoms with E-state index in [9.17, 15) is 4.79 Å². The molecule has 0 radical (unpaired) electrons. The van der Waals surface area contributed by atoms with Crippen molar-refractivity contribution in [3.8, 4) is 0 Å². The summed E-state index contributed by atoms with van der Waals surface area (Å²) in [5, 5.41) is 5.08. The highest BCUT2D eigenvalue weighted by Crippen LogP contribution is 2.23. The number of thioether (sulfide) groups is 1. The van der Waals surface area contributed by atoms with Crippen molar-refractivity contribution in [2.75, 3.05) is 5.75 Å². The van der Waals surface area contributed by atoms with E-state index in [-0.39, 0.29) is 11.9 Å². The van der Waals surface area contributed by atoms with Crippen molar-refractivity contribution in [3.63, 3.8) is 0 Å². The Hall–Kier alpha value is -1.55. The van der Waals surface area contributed by atoms with Crippen LogP contribution in [-0.4, -0.2) is 22.7 Å². The van der Waals surface area contributed by atoms with Crippen LogP contribution in [0.4, 0.5) is 0 Å². The second-order valence-corrected chi connectivity index (χ2v) is 6.68. The number of fused-ring (bicyclic) bond motifs is 1. The topological polar surface area (TPSA) is 42.0 Å². The Morgan fingerprint density at radius 1 is 1.29 bits per heavy atom. The average Bonchev–Trinajstić information content (AvgIpc) is 2.45. The number of rotatable bonds is 5. The van der Waals surface area contributed by atoms with Gasteiger partial charge in [-0.25, -0.2) is 4.98 Å². The first-order chi connectivity index (χ1) is 9.97. The number of aromatic nitrogens is 1. The molecule has 0 aliphatic rings. The minimum Gasteiger partial charge on any atom is -0.353 e. The number of hydrogen-bond donors (Lipinski definition) is 1. The van der Waals surface area contributed by atoms with E-state index in [1.54, 1.807) is 0 Å². The van der Waals surface area contributed by atoms with Crippen LogP contribution in [0, 0.1) is 12.8 Å². The first kappa shape index (κ1) is 15.8. The van der Waals surface area contributed by atoms with Crippen LogP contribution in [0.15, 0.2) is 35.4 Å². The number of nitrogens with one attached hydrogen (secondary N) is 1. The van der Waals surface area contributed by atoms with Crippen LogP contribution >= 0.6 is 11.8 Å². The standard InChI is InChI=1S/C17H22N2OS/c1-11(2)13(4)18-16(20)10-21-17-9-12(3)14-7-5-6-8-15(14)19-17/h5-9,11,13H,10H2,1-4H3,(H,18,20). The number of nitrogens with zero attached hydrogens (tertiary/aromatic N) is 1. The minimum absolute atomic E-state index is 0.0637. The van der Waals surface area contributed by atoms with Gasteiger partial charge >= 0.3 is 0 Å². The highest BCUT2D eigenvalue weighted by molar-refractivity contribution is 7.99. The van der Waals surface area contributed by atoms with Crippen LogP contribution in [0.5, 0.6) is 0 Å². The number of amides is 1. The molecule has 0 saturated heterocycles. The molecule has 3 nitrogen and oxygen atoms in total. The van der Waals surface area contributed by atoms with Crippen molar-refractivity contribution in [1.82, 2.24) is 10.3 Å². The minimum atomic E-state index is 0.0637. The molecule has 0 fully saturated rings. The van der Waals surface area contributed by atoms with Gasteiger partial charge in [-0.15, -0.1) is 0 Å². The van der Waals surface area contributed by atoms with Crippen LogP contribution in [-0.2, 0) is 4.79 Å². The third-order valence-corrected chi connectivity index (χ3v) is 4.55. The fourth-order valence-corrected chi connectivity index (χ4v) is 2.78. The van der Waals surface area contributed by atoms with Crippen LogP contribution in [0.25, 0.3) is 10.9 Å². The Kier molecular flexibility index (Phi) is 5.23. The molecular formula is C17H22N2OS. The van der Waals surface area contributed by atoms with Crippen LogP contribution in [0.1, 0.15) is 26.3 Å². The van der Waals surface area contributed by atoms with Crippen LogP contribution in [0.2, 0.25) is 0 Å². The maximum Gasteiger partial charge on any atom is 0.230 e. The van der Waals surface area contributed by atoms with Gasteiger partial charge < -0.3 is 5.32 Å². The zero-order valence-corrected chi connectivity index (χ0v) is 13.8. The van der Waals surface area contributed by atoms with Gasteiger partial charge in [-0.3, -0.25) is 4.79 Å². The molecule has 0 aliphatic heterocycles. The lowest BCUT2D eigenvalue weighted by Gasteiger charge is -2.17. The van der Waals surface area contributed by atoms with E-state index in [1.807, 2.05) is 31.2 Å². The highest BCUT2D eigenvalue weighted by atomic mass is 32.2. The van der Waals surface area contributed by atoms with Gasteiger partial charge in [-0.05, 0) is 37.5 Å². The van der Waals surface area contributed by atoms with Crippen molar-refractivity contribution in [2.45, 2.75) is 38.8 Å². The molecule has 2 rings (SSSR count). The smallest absolute Gasteiger partial charge is 0.230 e. The second kappa shape index (κ2) is 6.94.